The van der Waals surface area contributed by atoms with Crippen molar-refractivity contribution in [2.24, 2.45) is 0 Å². The summed E-state index contributed by atoms with van der Waals surface area (Å²) in [7, 11) is 4.86. The van der Waals surface area contributed by atoms with Crippen LogP contribution in [0.4, 0.5) is 0 Å². The van der Waals surface area contributed by atoms with Gasteiger partial charge in [-0.05, 0) is 42.2 Å². The molecule has 0 spiro atoms. The van der Waals surface area contributed by atoms with Crippen LogP contribution in [0.2, 0.25) is 0 Å². The number of carbonyl (C=O) groups excluding carboxylic acids is 1. The lowest BCUT2D eigenvalue weighted by Crippen LogP contribution is -2.48. The van der Waals surface area contributed by atoms with Gasteiger partial charge in [0, 0.05) is 23.6 Å². The zero-order chi connectivity index (χ0) is 28.3. The van der Waals surface area contributed by atoms with Crippen molar-refractivity contribution in [3.8, 4) is 23.0 Å². The summed E-state index contributed by atoms with van der Waals surface area (Å²) in [5, 5.41) is 20.9. The summed E-state index contributed by atoms with van der Waals surface area (Å²) in [5.41, 5.74) is 1.000. The molecule has 0 amide bonds. The molecule has 1 aliphatic carbocycles. The highest BCUT2D eigenvalue weighted by Crippen LogP contribution is 2.68. The molecule has 0 bridgehead atoms. The van der Waals surface area contributed by atoms with E-state index in [-0.39, 0.29) is 18.3 Å². The number of carbonyl (C=O) groups is 1. The predicted octanol–water partition coefficient (Wildman–Crippen LogP) is 5.35. The molecule has 8 heteroatoms. The molecule has 2 heterocycles. The van der Waals surface area contributed by atoms with Crippen LogP contribution in [0.1, 0.15) is 51.6 Å². The molecule has 3 aromatic carbocycles. The second kappa shape index (κ2) is 11.1. The Hall–Kier alpha value is -4.27. The van der Waals surface area contributed by atoms with Gasteiger partial charge in [-0.15, -0.1) is 0 Å². The third-order valence-corrected chi connectivity index (χ3v) is 7.86. The summed E-state index contributed by atoms with van der Waals surface area (Å²) in [4.78, 5) is 10.0. The van der Waals surface area contributed by atoms with E-state index in [1.807, 2.05) is 48.5 Å². The second-order valence-electron chi connectivity index (χ2n) is 9.72. The van der Waals surface area contributed by atoms with Crippen molar-refractivity contribution >= 4 is 6.29 Å². The fourth-order valence-electron chi connectivity index (χ4n) is 6.01. The van der Waals surface area contributed by atoms with E-state index in [1.54, 1.807) is 33.5 Å². The van der Waals surface area contributed by atoms with Gasteiger partial charge < -0.3 is 33.6 Å². The molecule has 4 aromatic rings. The summed E-state index contributed by atoms with van der Waals surface area (Å²) < 4.78 is 28.0. The number of methoxy groups -OCH3 is 3. The number of aliphatic hydroxyl groups is 2. The van der Waals surface area contributed by atoms with Crippen molar-refractivity contribution in [1.29, 1.82) is 0 Å². The van der Waals surface area contributed by atoms with E-state index in [4.69, 9.17) is 24.1 Å². The molecular formula is C32H32O8. The minimum absolute atomic E-state index is 0.0461. The van der Waals surface area contributed by atoms with E-state index in [9.17, 15) is 9.90 Å². The molecular weight excluding hydrogens is 512 g/mol. The first-order valence-corrected chi connectivity index (χ1v) is 13.0. The fraction of sp³-hybridized carbons (Fsp3) is 0.281. The molecule has 40 heavy (non-hydrogen) atoms. The van der Waals surface area contributed by atoms with Crippen molar-refractivity contribution < 1.29 is 38.4 Å². The number of benzene rings is 3. The Morgan fingerprint density at radius 3 is 2.27 bits per heavy atom. The number of rotatable bonds is 7. The average molecular weight is 545 g/mol. The highest BCUT2D eigenvalue weighted by molar-refractivity contribution is 5.72. The molecule has 1 aromatic heterocycles. The summed E-state index contributed by atoms with van der Waals surface area (Å²) in [5.74, 6) is 2.71. The van der Waals surface area contributed by atoms with E-state index in [0.717, 1.165) is 23.3 Å². The molecule has 0 radical (unpaired) electrons. The van der Waals surface area contributed by atoms with Gasteiger partial charge >= 0.3 is 0 Å². The lowest BCUT2D eigenvalue weighted by atomic mass is 9.71. The summed E-state index contributed by atoms with van der Waals surface area (Å²) in [6.07, 6.45) is 3.27. The van der Waals surface area contributed by atoms with E-state index in [0.29, 0.717) is 41.1 Å². The highest BCUT2D eigenvalue weighted by atomic mass is 16.5. The third-order valence-electron chi connectivity index (χ3n) is 7.86. The molecule has 6 rings (SSSR count). The fourth-order valence-corrected chi connectivity index (χ4v) is 6.01. The van der Waals surface area contributed by atoms with Crippen LogP contribution in [0.15, 0.2) is 83.5 Å². The van der Waals surface area contributed by atoms with Crippen molar-refractivity contribution in [2.75, 3.05) is 21.3 Å². The number of hydrogen-bond acceptors (Lipinski definition) is 8. The first-order valence-electron chi connectivity index (χ1n) is 13.0. The molecule has 1 fully saturated rings. The number of hydrogen-bond donors (Lipinski definition) is 2. The number of fused-ring (bicyclic) bond motifs is 3. The standard InChI is InChI=1S/C26H26O5.C6H6O3/c1-28-19-11-9-18(10-12-19)26-21(17-7-5-4-6-8-17)13-14-25(26,27)24-22(30-3)15-20(29-2)16-23(24)31-26;7-3-5-1-2-9-6(5)4-8/h4-12,15-16,21,27H,13-14H2,1-3H3;1-2,4,7H,3H2. The van der Waals surface area contributed by atoms with Crippen LogP contribution in [0.3, 0.4) is 0 Å². The molecule has 1 saturated carbocycles. The maximum atomic E-state index is 12.3. The normalized spacial score (nSPS) is 22.3. The smallest absolute Gasteiger partial charge is 0.185 e. The average Bonchev–Trinajstić information content (AvgIpc) is 3.66. The Bertz CT molecular complexity index is 1460. The number of ether oxygens (including phenoxy) is 4. The van der Waals surface area contributed by atoms with Crippen LogP contribution in [-0.4, -0.2) is 37.8 Å². The minimum Gasteiger partial charge on any atom is -0.497 e. The van der Waals surface area contributed by atoms with Crippen molar-refractivity contribution in [3.63, 3.8) is 0 Å². The van der Waals surface area contributed by atoms with Crippen molar-refractivity contribution in [3.05, 3.63) is 107 Å². The molecule has 1 aliphatic heterocycles. The first-order chi connectivity index (χ1) is 19.4. The predicted molar refractivity (Wildman–Crippen MR) is 147 cm³/mol. The largest absolute Gasteiger partial charge is 0.497 e. The van der Waals surface area contributed by atoms with Crippen LogP contribution in [0.5, 0.6) is 23.0 Å². The molecule has 3 unspecified atom stereocenters. The minimum atomic E-state index is -1.25. The summed E-state index contributed by atoms with van der Waals surface area (Å²) >= 11 is 0. The van der Waals surface area contributed by atoms with Crippen LogP contribution in [0.25, 0.3) is 0 Å². The van der Waals surface area contributed by atoms with Crippen LogP contribution < -0.4 is 18.9 Å². The SMILES string of the molecule is COc1ccc(C23Oc4cc(OC)cc(OC)c4C2(O)CCC3c2ccccc2)cc1.O=Cc1occc1CO. The Morgan fingerprint density at radius 2 is 1.68 bits per heavy atom. The van der Waals surface area contributed by atoms with Crippen molar-refractivity contribution in [1.82, 2.24) is 0 Å². The zero-order valence-corrected chi connectivity index (χ0v) is 22.6. The van der Waals surface area contributed by atoms with Gasteiger partial charge in [-0.1, -0.05) is 42.5 Å². The van der Waals surface area contributed by atoms with Crippen LogP contribution >= 0.6 is 0 Å². The lowest BCUT2D eigenvalue weighted by Gasteiger charge is -2.40. The number of aldehydes is 1. The van der Waals surface area contributed by atoms with Crippen LogP contribution in [0, 0.1) is 0 Å². The van der Waals surface area contributed by atoms with E-state index in [1.165, 1.54) is 6.26 Å². The van der Waals surface area contributed by atoms with Gasteiger partial charge in [0.2, 0.25) is 0 Å². The second-order valence-corrected chi connectivity index (χ2v) is 9.72. The monoisotopic (exact) mass is 544 g/mol. The number of aliphatic hydroxyl groups excluding tert-OH is 1. The molecule has 0 saturated heterocycles. The van der Waals surface area contributed by atoms with Crippen molar-refractivity contribution in [2.45, 2.75) is 36.6 Å². The molecule has 2 N–H and O–H groups in total. The number of furan rings is 1. The van der Waals surface area contributed by atoms with Gasteiger partial charge in [0.05, 0.1) is 39.8 Å². The maximum absolute atomic E-state index is 12.3. The molecule has 2 aliphatic rings. The topological polar surface area (TPSA) is 108 Å². The highest BCUT2D eigenvalue weighted by Gasteiger charge is 2.69. The van der Waals surface area contributed by atoms with Crippen LogP contribution in [-0.2, 0) is 17.8 Å². The van der Waals surface area contributed by atoms with Gasteiger partial charge in [-0.3, -0.25) is 4.79 Å². The van der Waals surface area contributed by atoms with E-state index >= 15 is 0 Å². The summed E-state index contributed by atoms with van der Waals surface area (Å²) in [6.45, 7) is -0.148. The summed E-state index contributed by atoms with van der Waals surface area (Å²) in [6, 6.07) is 23.3. The maximum Gasteiger partial charge on any atom is 0.185 e. The third kappa shape index (κ3) is 4.29. The Labute approximate surface area is 232 Å². The quantitative estimate of drug-likeness (QED) is 0.300. The molecule has 8 nitrogen and oxygen atoms in total. The van der Waals surface area contributed by atoms with E-state index in [2.05, 4.69) is 16.5 Å². The van der Waals surface area contributed by atoms with Gasteiger partial charge in [0.15, 0.2) is 17.6 Å². The Balaban J connectivity index is 0.000000306. The van der Waals surface area contributed by atoms with E-state index < -0.39 is 11.2 Å². The molecule has 208 valence electrons. The Morgan fingerprint density at radius 1 is 0.950 bits per heavy atom. The molecule has 3 atom stereocenters. The first kappa shape index (κ1) is 27.3. The van der Waals surface area contributed by atoms with Gasteiger partial charge in [0.25, 0.3) is 0 Å². The van der Waals surface area contributed by atoms with Gasteiger partial charge in [0.1, 0.15) is 28.6 Å². The van der Waals surface area contributed by atoms with Gasteiger partial charge in [-0.2, -0.15) is 0 Å². The lowest BCUT2D eigenvalue weighted by molar-refractivity contribution is -0.106. The zero-order valence-electron chi connectivity index (χ0n) is 22.6. The Kier molecular flexibility index (Phi) is 7.56. The van der Waals surface area contributed by atoms with Gasteiger partial charge in [-0.25, -0.2) is 0 Å².